The summed E-state index contributed by atoms with van der Waals surface area (Å²) in [5.41, 5.74) is 2.85. The van der Waals surface area contributed by atoms with Crippen LogP contribution in [0.1, 0.15) is 36.0 Å². The highest BCUT2D eigenvalue weighted by molar-refractivity contribution is 14.1. The van der Waals surface area contributed by atoms with Crippen molar-refractivity contribution in [2.45, 2.75) is 25.7 Å². The predicted molar refractivity (Wildman–Crippen MR) is 120 cm³/mol. The lowest BCUT2D eigenvalue weighted by Crippen LogP contribution is -2.35. The first-order chi connectivity index (χ1) is 13.5. The molecule has 1 aliphatic carbocycles. The van der Waals surface area contributed by atoms with E-state index in [0.717, 1.165) is 22.3 Å². The summed E-state index contributed by atoms with van der Waals surface area (Å²) < 4.78 is 14.7. The Hall–Kier alpha value is -1.74. The number of carbonyl (C=O) groups is 1. The highest BCUT2D eigenvalue weighted by atomic mass is 127. The minimum Gasteiger partial charge on any atom is -0.371 e. The van der Waals surface area contributed by atoms with Gasteiger partial charge in [-0.2, -0.15) is 0 Å². The smallest absolute Gasteiger partial charge is 0.257 e. The number of fused-ring (bicyclic) bond motifs is 1. The topological polar surface area (TPSA) is 45.2 Å². The van der Waals surface area contributed by atoms with Crippen LogP contribution in [0.4, 0.5) is 15.8 Å². The molecule has 7 heteroatoms. The highest BCUT2D eigenvalue weighted by Crippen LogP contribution is 2.54. The van der Waals surface area contributed by atoms with Gasteiger partial charge in [0.15, 0.2) is 0 Å². The molecule has 0 radical (unpaired) electrons. The Labute approximate surface area is 180 Å². The Balaban J connectivity index is 1.43. The molecule has 2 aromatic heterocycles. The van der Waals surface area contributed by atoms with Crippen LogP contribution in [0.5, 0.6) is 0 Å². The first kappa shape index (κ1) is 18.3. The molecule has 1 N–H and O–H groups in total. The summed E-state index contributed by atoms with van der Waals surface area (Å²) >= 11 is 3.69. The summed E-state index contributed by atoms with van der Waals surface area (Å²) in [5, 5.41) is 5.43. The van der Waals surface area contributed by atoms with Gasteiger partial charge in [0, 0.05) is 27.4 Å². The summed E-state index contributed by atoms with van der Waals surface area (Å²) in [4.78, 5) is 20.2. The third-order valence-electron chi connectivity index (χ3n) is 5.97. The van der Waals surface area contributed by atoms with Crippen molar-refractivity contribution >= 4 is 61.4 Å². The summed E-state index contributed by atoms with van der Waals surface area (Å²) in [6, 6.07) is 7.36. The average Bonchev–Trinajstić information content (AvgIpc) is 3.33. The van der Waals surface area contributed by atoms with E-state index in [1.54, 1.807) is 0 Å². The minimum atomic E-state index is -0.404. The van der Waals surface area contributed by atoms with Crippen molar-refractivity contribution in [2.24, 2.45) is 5.41 Å². The van der Waals surface area contributed by atoms with E-state index < -0.39 is 5.82 Å². The van der Waals surface area contributed by atoms with E-state index in [1.165, 1.54) is 49.3 Å². The van der Waals surface area contributed by atoms with E-state index >= 15 is 0 Å². The third kappa shape index (κ3) is 3.39. The van der Waals surface area contributed by atoms with Crippen molar-refractivity contribution in [3.05, 3.63) is 50.8 Å². The summed E-state index contributed by atoms with van der Waals surface area (Å²) in [6.45, 7) is 1.99. The number of nitrogens with zero attached hydrogens (tertiary/aromatic N) is 2. The molecule has 2 aliphatic rings. The molecule has 28 heavy (non-hydrogen) atoms. The Kier molecular flexibility index (Phi) is 4.54. The Morgan fingerprint density at radius 2 is 2.00 bits per heavy atom. The van der Waals surface area contributed by atoms with E-state index in [9.17, 15) is 9.18 Å². The number of halogens is 2. The van der Waals surface area contributed by atoms with Crippen molar-refractivity contribution in [1.82, 2.24) is 4.98 Å². The predicted octanol–water partition coefficient (Wildman–Crippen LogP) is 5.67. The van der Waals surface area contributed by atoms with Crippen molar-refractivity contribution in [1.29, 1.82) is 0 Å². The van der Waals surface area contributed by atoms with Gasteiger partial charge >= 0.3 is 0 Å². The van der Waals surface area contributed by atoms with Crippen LogP contribution < -0.4 is 10.2 Å². The van der Waals surface area contributed by atoms with Gasteiger partial charge in [-0.15, -0.1) is 11.3 Å². The lowest BCUT2D eigenvalue weighted by atomic mass is 9.93. The first-order valence-electron chi connectivity index (χ1n) is 9.42. The molecule has 1 aromatic carbocycles. The van der Waals surface area contributed by atoms with Crippen molar-refractivity contribution in [2.75, 3.05) is 23.3 Å². The fraction of sp³-hybridized carbons (Fsp3) is 0.333. The summed E-state index contributed by atoms with van der Waals surface area (Å²) in [6.07, 6.45) is 6.33. The number of amides is 1. The minimum absolute atomic E-state index is 0.165. The van der Waals surface area contributed by atoms with E-state index in [0.29, 0.717) is 26.9 Å². The van der Waals surface area contributed by atoms with Gasteiger partial charge in [0.05, 0.1) is 23.1 Å². The van der Waals surface area contributed by atoms with Gasteiger partial charge in [0.25, 0.3) is 5.91 Å². The largest absolute Gasteiger partial charge is 0.371 e. The molecule has 2 fully saturated rings. The zero-order valence-electron chi connectivity index (χ0n) is 15.2. The van der Waals surface area contributed by atoms with E-state index in [1.807, 2.05) is 17.5 Å². The van der Waals surface area contributed by atoms with Crippen LogP contribution in [-0.4, -0.2) is 24.0 Å². The van der Waals surface area contributed by atoms with Gasteiger partial charge < -0.3 is 10.2 Å². The SMILES string of the molecule is O=C(Nc1csc2ncc(F)cc12)c1ccc(I)cc1N1CCC2(CC1)CC2. The molecule has 1 aliphatic heterocycles. The molecule has 1 saturated heterocycles. The van der Waals surface area contributed by atoms with Crippen molar-refractivity contribution < 1.29 is 9.18 Å². The number of piperidine rings is 1. The maximum absolute atomic E-state index is 13.6. The summed E-state index contributed by atoms with van der Waals surface area (Å²) in [7, 11) is 0. The molecule has 3 aromatic rings. The molecule has 0 bridgehead atoms. The Morgan fingerprint density at radius 1 is 1.21 bits per heavy atom. The van der Waals surface area contributed by atoms with Gasteiger partial charge in [-0.1, -0.05) is 0 Å². The molecular formula is C21H19FIN3OS. The number of anilines is 2. The Morgan fingerprint density at radius 3 is 2.75 bits per heavy atom. The molecule has 3 heterocycles. The molecule has 1 saturated carbocycles. The fourth-order valence-electron chi connectivity index (χ4n) is 4.04. The number of hydrogen-bond acceptors (Lipinski definition) is 4. The second-order valence-corrected chi connectivity index (χ2v) is 9.86. The number of aromatic nitrogens is 1. The number of rotatable bonds is 3. The first-order valence-corrected chi connectivity index (χ1v) is 11.4. The number of nitrogens with one attached hydrogen (secondary N) is 1. The molecule has 1 amide bonds. The quantitative estimate of drug-likeness (QED) is 0.465. The summed E-state index contributed by atoms with van der Waals surface area (Å²) in [5.74, 6) is -0.569. The number of pyridine rings is 1. The number of hydrogen-bond donors (Lipinski definition) is 1. The molecular weight excluding hydrogens is 488 g/mol. The zero-order valence-corrected chi connectivity index (χ0v) is 18.1. The average molecular weight is 507 g/mol. The van der Waals surface area contributed by atoms with Gasteiger partial charge in [0.1, 0.15) is 10.6 Å². The van der Waals surface area contributed by atoms with Crippen LogP contribution in [0.3, 0.4) is 0 Å². The van der Waals surface area contributed by atoms with Crippen molar-refractivity contribution in [3.8, 4) is 0 Å². The Bertz CT molecular complexity index is 1070. The molecule has 0 unspecified atom stereocenters. The standard InChI is InChI=1S/C21H19FIN3OS/c22-13-9-16-17(12-28-20(16)24-11-13)25-19(27)15-2-1-14(23)10-18(15)26-7-5-21(3-4-21)6-8-26/h1-2,9-12H,3-8H2,(H,25,27). The third-order valence-corrected chi connectivity index (χ3v) is 7.54. The van der Waals surface area contributed by atoms with E-state index in [-0.39, 0.29) is 5.91 Å². The molecule has 5 rings (SSSR count). The maximum Gasteiger partial charge on any atom is 0.257 e. The molecule has 144 valence electrons. The lowest BCUT2D eigenvalue weighted by molar-refractivity contribution is 0.102. The van der Waals surface area contributed by atoms with E-state index in [4.69, 9.17) is 0 Å². The monoisotopic (exact) mass is 507 g/mol. The highest BCUT2D eigenvalue weighted by Gasteiger charge is 2.44. The van der Waals surface area contributed by atoms with Crippen LogP contribution in [0.15, 0.2) is 35.8 Å². The number of carbonyl (C=O) groups excluding carboxylic acids is 1. The van der Waals surface area contributed by atoms with Gasteiger partial charge in [-0.05, 0) is 78.0 Å². The van der Waals surface area contributed by atoms with Crippen LogP contribution in [0, 0.1) is 14.8 Å². The number of benzene rings is 1. The number of thiophene rings is 1. The van der Waals surface area contributed by atoms with Crippen LogP contribution >= 0.6 is 33.9 Å². The van der Waals surface area contributed by atoms with Crippen LogP contribution in [0.2, 0.25) is 0 Å². The maximum atomic E-state index is 13.6. The molecule has 0 atom stereocenters. The van der Waals surface area contributed by atoms with Crippen LogP contribution in [-0.2, 0) is 0 Å². The van der Waals surface area contributed by atoms with E-state index in [2.05, 4.69) is 43.9 Å². The van der Waals surface area contributed by atoms with Gasteiger partial charge in [0.2, 0.25) is 0 Å². The zero-order chi connectivity index (χ0) is 19.3. The van der Waals surface area contributed by atoms with Gasteiger partial charge in [-0.25, -0.2) is 9.37 Å². The normalized spacial score (nSPS) is 17.9. The van der Waals surface area contributed by atoms with Crippen LogP contribution in [0.25, 0.3) is 10.2 Å². The fourth-order valence-corrected chi connectivity index (χ4v) is 5.33. The van der Waals surface area contributed by atoms with Crippen molar-refractivity contribution in [3.63, 3.8) is 0 Å². The molecule has 1 spiro atoms. The lowest BCUT2D eigenvalue weighted by Gasteiger charge is -2.35. The van der Waals surface area contributed by atoms with Gasteiger partial charge in [-0.3, -0.25) is 4.79 Å². The molecule has 4 nitrogen and oxygen atoms in total. The second-order valence-electron chi connectivity index (χ2n) is 7.76. The second kappa shape index (κ2) is 6.95.